The van der Waals surface area contributed by atoms with Crippen LogP contribution in [-0.2, 0) is 23.8 Å². The average Bonchev–Trinajstić information content (AvgIpc) is 2.88. The third-order valence-electron chi connectivity index (χ3n) is 4.01. The summed E-state index contributed by atoms with van der Waals surface area (Å²) in [6.07, 6.45) is -2.02. The number of esters is 1. The van der Waals surface area contributed by atoms with Crippen molar-refractivity contribution in [3.8, 4) is 0 Å². The van der Waals surface area contributed by atoms with Gasteiger partial charge in [0, 0.05) is 0 Å². The highest BCUT2D eigenvalue weighted by molar-refractivity contribution is 5.92. The zero-order chi connectivity index (χ0) is 13.9. The Morgan fingerprint density at radius 2 is 2.16 bits per heavy atom. The van der Waals surface area contributed by atoms with Crippen LogP contribution in [0.1, 0.15) is 13.8 Å². The first kappa shape index (κ1) is 12.8. The van der Waals surface area contributed by atoms with E-state index in [9.17, 15) is 14.7 Å². The first-order valence-corrected chi connectivity index (χ1v) is 6.28. The number of carbonyl (C=O) groups is 2. The number of aliphatic hydroxyl groups is 1. The van der Waals surface area contributed by atoms with Crippen LogP contribution in [0.2, 0.25) is 0 Å². The summed E-state index contributed by atoms with van der Waals surface area (Å²) >= 11 is 0. The predicted molar refractivity (Wildman–Crippen MR) is 60.8 cm³/mol. The Kier molecular flexibility index (Phi) is 2.64. The Balaban J connectivity index is 1.92. The number of hydrogen-bond donors (Lipinski definition) is 1. The molecule has 0 aromatic heterocycles. The van der Waals surface area contributed by atoms with Gasteiger partial charge in [-0.2, -0.15) is 0 Å². The number of nitrogens with zero attached hydrogens (tertiary/aromatic N) is 1. The second kappa shape index (κ2) is 3.91. The molecule has 106 valence electrons. The first-order chi connectivity index (χ1) is 8.85. The van der Waals surface area contributed by atoms with Gasteiger partial charge < -0.3 is 24.2 Å². The predicted octanol–water partition coefficient (Wildman–Crippen LogP) is -1.12. The van der Waals surface area contributed by atoms with Crippen LogP contribution >= 0.6 is 0 Å². The van der Waals surface area contributed by atoms with Gasteiger partial charge in [-0.3, -0.25) is 9.59 Å². The molecule has 0 unspecified atom stereocenters. The number of ether oxygens (including phenoxy) is 3. The van der Waals surface area contributed by atoms with Crippen molar-refractivity contribution in [1.29, 1.82) is 0 Å². The van der Waals surface area contributed by atoms with Crippen molar-refractivity contribution in [1.82, 2.24) is 4.90 Å². The molecule has 7 nitrogen and oxygen atoms in total. The van der Waals surface area contributed by atoms with Crippen LogP contribution in [-0.4, -0.2) is 65.7 Å². The van der Waals surface area contributed by atoms with Gasteiger partial charge in [-0.1, -0.05) is 0 Å². The van der Waals surface area contributed by atoms with Crippen molar-refractivity contribution in [2.24, 2.45) is 5.92 Å². The highest BCUT2D eigenvalue weighted by Gasteiger charge is 2.64. The Morgan fingerprint density at radius 3 is 2.79 bits per heavy atom. The molecule has 3 aliphatic rings. The summed E-state index contributed by atoms with van der Waals surface area (Å²) in [5.74, 6) is -2.70. The Bertz CT molecular complexity index is 436. The zero-order valence-corrected chi connectivity index (χ0v) is 11.0. The summed E-state index contributed by atoms with van der Waals surface area (Å²) in [6, 6.07) is -0.512. The molecule has 0 bridgehead atoms. The number of aliphatic hydroxyl groups excluding tert-OH is 1. The van der Waals surface area contributed by atoms with Gasteiger partial charge in [-0.05, 0) is 13.8 Å². The Hall–Kier alpha value is -1.18. The molecule has 5 atom stereocenters. The molecular weight excluding hydrogens is 254 g/mol. The largest absolute Gasteiger partial charge is 0.469 e. The van der Waals surface area contributed by atoms with E-state index in [0.29, 0.717) is 6.54 Å². The summed E-state index contributed by atoms with van der Waals surface area (Å²) in [5.41, 5.74) is 0. The maximum Gasteiger partial charge on any atom is 0.314 e. The van der Waals surface area contributed by atoms with E-state index in [1.54, 1.807) is 13.8 Å². The third kappa shape index (κ3) is 1.69. The second-order valence-electron chi connectivity index (χ2n) is 5.61. The van der Waals surface area contributed by atoms with E-state index in [0.717, 1.165) is 0 Å². The van der Waals surface area contributed by atoms with Gasteiger partial charge in [0.15, 0.2) is 5.79 Å². The molecule has 3 rings (SSSR count). The maximum absolute atomic E-state index is 12.0. The van der Waals surface area contributed by atoms with E-state index >= 15 is 0 Å². The van der Waals surface area contributed by atoms with Gasteiger partial charge in [-0.25, -0.2) is 0 Å². The molecule has 0 aromatic carbocycles. The Labute approximate surface area is 110 Å². The van der Waals surface area contributed by atoms with Gasteiger partial charge in [0.05, 0.1) is 19.7 Å². The summed E-state index contributed by atoms with van der Waals surface area (Å²) in [4.78, 5) is 25.2. The van der Waals surface area contributed by atoms with Gasteiger partial charge >= 0.3 is 5.97 Å². The highest BCUT2D eigenvalue weighted by atomic mass is 16.8. The van der Waals surface area contributed by atoms with Crippen molar-refractivity contribution in [2.45, 2.75) is 44.0 Å². The number of rotatable bonds is 1. The van der Waals surface area contributed by atoms with E-state index in [4.69, 9.17) is 9.47 Å². The second-order valence-corrected chi connectivity index (χ2v) is 5.61. The van der Waals surface area contributed by atoms with Crippen molar-refractivity contribution < 1.29 is 28.9 Å². The number of fused-ring (bicyclic) bond motifs is 3. The Morgan fingerprint density at radius 1 is 1.47 bits per heavy atom. The lowest BCUT2D eigenvalue weighted by Crippen LogP contribution is -2.42. The van der Waals surface area contributed by atoms with Crippen LogP contribution in [0.5, 0.6) is 0 Å². The number of hydrogen-bond acceptors (Lipinski definition) is 6. The summed E-state index contributed by atoms with van der Waals surface area (Å²) in [7, 11) is 1.24. The van der Waals surface area contributed by atoms with Crippen molar-refractivity contribution in [2.75, 3.05) is 13.7 Å². The number of methoxy groups -OCH3 is 1. The lowest BCUT2D eigenvalue weighted by atomic mass is 9.93. The van der Waals surface area contributed by atoms with Crippen molar-refractivity contribution in [3.63, 3.8) is 0 Å². The standard InChI is InChI=1S/C12H17NO6/c1-12(2)18-5-4-13-7(9(5)19-12)6(11(16)17-3)8(14)10(13)15/h5-9,14H,4H2,1-3H3/t5-,6-,7+,8+,9-/m1/s1. The minimum Gasteiger partial charge on any atom is -0.469 e. The van der Waals surface area contributed by atoms with Gasteiger partial charge in [0.1, 0.15) is 24.2 Å². The van der Waals surface area contributed by atoms with Crippen LogP contribution in [0.25, 0.3) is 0 Å². The molecule has 19 heavy (non-hydrogen) atoms. The first-order valence-electron chi connectivity index (χ1n) is 6.28. The van der Waals surface area contributed by atoms with Crippen LogP contribution < -0.4 is 0 Å². The van der Waals surface area contributed by atoms with E-state index in [2.05, 4.69) is 4.74 Å². The van der Waals surface area contributed by atoms with Gasteiger partial charge in [0.2, 0.25) is 0 Å². The fourth-order valence-corrected chi connectivity index (χ4v) is 3.34. The van der Waals surface area contributed by atoms with Crippen LogP contribution in [0, 0.1) is 5.92 Å². The molecule has 3 saturated heterocycles. The SMILES string of the molecule is COC(=O)[C@@H]1[C@H]2[C@@H]3OC(C)(C)O[C@@H]3CN2C(=O)[C@H]1O. The van der Waals surface area contributed by atoms with Crippen molar-refractivity contribution in [3.05, 3.63) is 0 Å². The van der Waals surface area contributed by atoms with Crippen LogP contribution in [0.15, 0.2) is 0 Å². The molecule has 0 spiro atoms. The van der Waals surface area contributed by atoms with E-state index in [-0.39, 0.29) is 6.10 Å². The number of amides is 1. The lowest BCUT2D eigenvalue weighted by molar-refractivity contribution is -0.167. The lowest BCUT2D eigenvalue weighted by Gasteiger charge is -2.26. The molecular formula is C12H17NO6. The summed E-state index contributed by atoms with van der Waals surface area (Å²) < 4.78 is 16.2. The fraction of sp³-hybridized carbons (Fsp3) is 0.833. The molecule has 0 aromatic rings. The van der Waals surface area contributed by atoms with E-state index in [1.807, 2.05) is 0 Å². The fourth-order valence-electron chi connectivity index (χ4n) is 3.34. The molecule has 0 aliphatic carbocycles. The van der Waals surface area contributed by atoms with Crippen molar-refractivity contribution >= 4 is 11.9 Å². The third-order valence-corrected chi connectivity index (χ3v) is 4.01. The molecule has 1 N–H and O–H groups in total. The molecule has 1 amide bonds. The molecule has 0 saturated carbocycles. The topological polar surface area (TPSA) is 85.3 Å². The summed E-state index contributed by atoms with van der Waals surface area (Å²) in [5, 5.41) is 9.93. The number of carbonyl (C=O) groups excluding carboxylic acids is 2. The van der Waals surface area contributed by atoms with Gasteiger partial charge in [-0.15, -0.1) is 0 Å². The molecule has 3 heterocycles. The monoisotopic (exact) mass is 271 g/mol. The normalized spacial score (nSPS) is 43.3. The zero-order valence-electron chi connectivity index (χ0n) is 11.0. The quantitative estimate of drug-likeness (QED) is 0.608. The molecule has 0 radical (unpaired) electrons. The molecule has 3 fully saturated rings. The summed E-state index contributed by atoms with van der Waals surface area (Å²) in [6.45, 7) is 3.91. The van der Waals surface area contributed by atoms with E-state index in [1.165, 1.54) is 12.0 Å². The van der Waals surface area contributed by atoms with Crippen LogP contribution in [0.3, 0.4) is 0 Å². The molecule has 7 heteroatoms. The smallest absolute Gasteiger partial charge is 0.314 e. The highest BCUT2D eigenvalue weighted by Crippen LogP contribution is 2.43. The van der Waals surface area contributed by atoms with E-state index < -0.39 is 41.8 Å². The minimum atomic E-state index is -1.36. The minimum absolute atomic E-state index is 0.261. The van der Waals surface area contributed by atoms with Crippen LogP contribution in [0.4, 0.5) is 0 Å². The van der Waals surface area contributed by atoms with Gasteiger partial charge in [0.25, 0.3) is 5.91 Å². The average molecular weight is 271 g/mol. The molecule has 3 aliphatic heterocycles. The maximum atomic E-state index is 12.0.